The summed E-state index contributed by atoms with van der Waals surface area (Å²) in [5.41, 5.74) is -1.93. The van der Waals surface area contributed by atoms with E-state index in [1.54, 1.807) is 0 Å². The summed E-state index contributed by atoms with van der Waals surface area (Å²) in [6, 6.07) is 3.88. The molecule has 34 heavy (non-hydrogen) atoms. The number of nitrogens with zero attached hydrogens (tertiary/aromatic N) is 2. The maximum Gasteiger partial charge on any atom is 0.255 e. The van der Waals surface area contributed by atoms with E-state index < -0.39 is 92.8 Å². The molecule has 1 atom stereocenters. The lowest BCUT2D eigenvalue weighted by Gasteiger charge is -2.29. The average Bonchev–Trinajstić information content (AvgIpc) is 3.13. The van der Waals surface area contributed by atoms with Gasteiger partial charge in [0.1, 0.15) is 11.8 Å². The van der Waals surface area contributed by atoms with Gasteiger partial charge in [-0.3, -0.25) is 24.6 Å². The summed E-state index contributed by atoms with van der Waals surface area (Å²) in [4.78, 5) is 38.2. The predicted octanol–water partition coefficient (Wildman–Crippen LogP) is 2.03. The highest BCUT2D eigenvalue weighted by molar-refractivity contribution is 6.06. The molecule has 3 aliphatic rings. The van der Waals surface area contributed by atoms with Gasteiger partial charge >= 0.3 is 0 Å². The van der Waals surface area contributed by atoms with Gasteiger partial charge in [0.2, 0.25) is 11.8 Å². The number of benzene rings is 2. The summed E-state index contributed by atoms with van der Waals surface area (Å²) in [7, 11) is 0. The van der Waals surface area contributed by atoms with Crippen molar-refractivity contribution in [2.24, 2.45) is 0 Å². The second-order valence-electron chi connectivity index (χ2n) is 7.48. The van der Waals surface area contributed by atoms with Crippen LogP contribution in [-0.4, -0.2) is 59.7 Å². The van der Waals surface area contributed by atoms with E-state index in [1.807, 2.05) is 5.32 Å². The summed E-state index contributed by atoms with van der Waals surface area (Å²) < 4.78 is 127. The number of imide groups is 1. The second kappa shape index (κ2) is 9.52. The fourth-order valence-electron chi connectivity index (χ4n) is 3.61. The van der Waals surface area contributed by atoms with E-state index in [-0.39, 0.29) is 28.1 Å². The zero-order valence-electron chi connectivity index (χ0n) is 30.5. The third kappa shape index (κ3) is 4.53. The fraction of sp³-hybridized carbons (Fsp3) is 0.400. The van der Waals surface area contributed by atoms with Crippen molar-refractivity contribution in [3.8, 4) is 0 Å². The zero-order valence-corrected chi connectivity index (χ0v) is 17.5. The van der Waals surface area contributed by atoms with Gasteiger partial charge in [-0.15, -0.1) is 0 Å². The number of ether oxygens (including phenoxy) is 1. The Labute approximate surface area is 215 Å². The maximum atomic E-state index is 15.5. The zero-order chi connectivity index (χ0) is 35.3. The highest BCUT2D eigenvalue weighted by Gasteiger charge is 2.39. The number of rotatable bonds is 6. The minimum absolute atomic E-state index is 0.188. The van der Waals surface area contributed by atoms with Crippen molar-refractivity contribution in [1.82, 2.24) is 15.1 Å². The van der Waals surface area contributed by atoms with Crippen LogP contribution >= 0.6 is 0 Å². The number of piperidine rings is 1. The molecule has 0 unspecified atom stereocenters. The molecule has 0 spiro atoms. The van der Waals surface area contributed by atoms with Crippen molar-refractivity contribution in [1.29, 1.82) is 0 Å². The van der Waals surface area contributed by atoms with E-state index in [9.17, 15) is 14.4 Å². The van der Waals surface area contributed by atoms with E-state index in [2.05, 4.69) is 10.1 Å². The minimum Gasteiger partial charge on any atom is -0.381 e. The van der Waals surface area contributed by atoms with Crippen LogP contribution in [0.5, 0.6) is 0 Å². The molecule has 2 fully saturated rings. The summed E-state index contributed by atoms with van der Waals surface area (Å²) in [5, 5.41) is 4.30. The normalized spacial score (nSPS) is 36.6. The third-order valence-electron chi connectivity index (χ3n) is 5.26. The van der Waals surface area contributed by atoms with Gasteiger partial charge in [0.15, 0.2) is 0 Å². The van der Waals surface area contributed by atoms with Crippen LogP contribution in [0.4, 0.5) is 10.1 Å². The SMILES string of the molecule is [2H]C([2H])(Nc1cccc2c1C([2H])([2H])N([C@@]1([2H])CCC(=O)NC1=O)C2=O)c1ccc(CN2C([2H])([2H])C([2H])([2H])OC([2H])([2H])C2([2H])[2H])cc1F. The third-order valence-corrected chi connectivity index (χ3v) is 5.26. The molecule has 0 aromatic heterocycles. The Bertz CT molecular complexity index is 1670. The first kappa shape index (κ1) is 11.9. The number of amides is 3. The van der Waals surface area contributed by atoms with Crippen LogP contribution in [0.1, 0.15) is 57.7 Å². The van der Waals surface area contributed by atoms with E-state index >= 15 is 4.39 Å². The Balaban J connectivity index is 1.46. The van der Waals surface area contributed by atoms with Crippen LogP contribution in [0.25, 0.3) is 0 Å². The average molecular weight is 480 g/mol. The van der Waals surface area contributed by atoms with Crippen molar-refractivity contribution in [3.05, 3.63) is 64.5 Å². The number of halogens is 1. The van der Waals surface area contributed by atoms with Gasteiger partial charge in [0, 0.05) is 66.8 Å². The van der Waals surface area contributed by atoms with E-state index in [1.165, 1.54) is 18.2 Å². The highest BCUT2D eigenvalue weighted by atomic mass is 19.1. The Hall–Kier alpha value is -3.30. The van der Waals surface area contributed by atoms with Crippen molar-refractivity contribution < 1.29 is 41.3 Å². The number of nitrogens with one attached hydrogen (secondary N) is 2. The Kier molecular flexibility index (Phi) is 3.33. The lowest BCUT2D eigenvalue weighted by atomic mass is 10.0. The maximum absolute atomic E-state index is 15.5. The number of morpholine rings is 1. The Morgan fingerprint density at radius 1 is 1.24 bits per heavy atom. The first-order chi connectivity index (χ1) is 21.3. The largest absolute Gasteiger partial charge is 0.381 e. The fourth-order valence-corrected chi connectivity index (χ4v) is 3.61. The predicted molar refractivity (Wildman–Crippen MR) is 122 cm³/mol. The molecule has 0 aliphatic carbocycles. The molecular weight excluding hydrogens is 439 g/mol. The van der Waals surface area contributed by atoms with Crippen molar-refractivity contribution in [2.75, 3.05) is 31.4 Å². The van der Waals surface area contributed by atoms with Crippen LogP contribution in [0, 0.1) is 5.82 Å². The lowest BCUT2D eigenvalue weighted by molar-refractivity contribution is -0.136. The molecule has 0 saturated carbocycles. The minimum atomic E-state index is -3.32. The number of hydrogen-bond donors (Lipinski definition) is 2. The van der Waals surface area contributed by atoms with Gasteiger partial charge in [-0.2, -0.15) is 0 Å². The molecule has 3 heterocycles. The molecule has 9 heteroatoms. The molecular formula is C25H27FN4O4. The Morgan fingerprint density at radius 3 is 2.82 bits per heavy atom. The quantitative estimate of drug-likeness (QED) is 0.617. The molecule has 2 saturated heterocycles. The highest BCUT2D eigenvalue weighted by Crippen LogP contribution is 2.32. The van der Waals surface area contributed by atoms with Crippen LogP contribution in [0.2, 0.25) is 0 Å². The molecule has 178 valence electrons. The summed E-state index contributed by atoms with van der Waals surface area (Å²) >= 11 is 0. The molecule has 8 nitrogen and oxygen atoms in total. The summed E-state index contributed by atoms with van der Waals surface area (Å²) in [6.07, 6.45) is -0.837. The van der Waals surface area contributed by atoms with Crippen molar-refractivity contribution >= 4 is 23.4 Å². The van der Waals surface area contributed by atoms with Gasteiger partial charge in [-0.1, -0.05) is 18.2 Å². The number of carbonyl (C=O) groups is 3. The van der Waals surface area contributed by atoms with Crippen LogP contribution in [-0.2, 0) is 33.9 Å². The monoisotopic (exact) mass is 479 g/mol. The first-order valence-electron chi connectivity index (χ1n) is 16.7. The number of carbonyl (C=O) groups excluding carboxylic acids is 3. The number of anilines is 1. The van der Waals surface area contributed by atoms with Crippen LogP contribution in [0.3, 0.4) is 0 Å². The van der Waals surface area contributed by atoms with Crippen LogP contribution < -0.4 is 10.6 Å². The van der Waals surface area contributed by atoms with Crippen molar-refractivity contribution in [3.63, 3.8) is 0 Å². The van der Waals surface area contributed by atoms with Crippen molar-refractivity contribution in [2.45, 2.75) is 38.4 Å². The van der Waals surface area contributed by atoms with E-state index in [0.29, 0.717) is 11.0 Å². The van der Waals surface area contributed by atoms with E-state index in [0.717, 1.165) is 12.1 Å². The standard InChI is InChI=1S/C25H27FN4O4/c26-20-12-16(14-29-8-10-34-11-9-29)4-5-17(20)13-27-21-3-1-2-18-19(21)15-30(25(18)33)22-6-7-23(31)28-24(22)32/h1-5,12,22,27H,6-11,13-15H2,(H,28,31,32)/t22-/m0/s1/i8D2,9D2,10D2,11D2,13D2,15D2,22D. The van der Waals surface area contributed by atoms with Gasteiger partial charge in [-0.25, -0.2) is 4.39 Å². The molecule has 2 aromatic rings. The molecule has 3 aliphatic heterocycles. The summed E-state index contributed by atoms with van der Waals surface area (Å²) in [5.74, 6) is -4.23. The van der Waals surface area contributed by atoms with Gasteiger partial charge < -0.3 is 15.0 Å². The van der Waals surface area contributed by atoms with Gasteiger partial charge in [0.05, 0.1) is 25.5 Å². The van der Waals surface area contributed by atoms with Crippen LogP contribution in [0.15, 0.2) is 36.4 Å². The van der Waals surface area contributed by atoms with E-state index in [4.69, 9.17) is 17.8 Å². The smallest absolute Gasteiger partial charge is 0.255 e. The molecule has 2 N–H and O–H groups in total. The number of fused-ring (bicyclic) bond motifs is 1. The number of hydrogen-bond acceptors (Lipinski definition) is 6. The molecule has 2 aromatic carbocycles. The summed E-state index contributed by atoms with van der Waals surface area (Å²) in [6.45, 7) is -19.7. The first-order valence-corrected chi connectivity index (χ1v) is 10.2. The molecule has 0 bridgehead atoms. The van der Waals surface area contributed by atoms with Gasteiger partial charge in [-0.05, 0) is 30.2 Å². The van der Waals surface area contributed by atoms with Gasteiger partial charge in [0.25, 0.3) is 5.91 Å². The molecule has 0 radical (unpaired) electrons. The topological polar surface area (TPSA) is 91.0 Å². The lowest BCUT2D eigenvalue weighted by Crippen LogP contribution is -2.52. The Morgan fingerprint density at radius 2 is 2.06 bits per heavy atom. The molecule has 5 rings (SSSR count). The molecule has 3 amide bonds. The second-order valence-corrected chi connectivity index (χ2v) is 7.48.